The molecule has 0 spiro atoms. The summed E-state index contributed by atoms with van der Waals surface area (Å²) in [6, 6.07) is 19.6. The molecular weight excluding hydrogens is 661 g/mol. The van der Waals surface area contributed by atoms with Crippen LogP contribution in [-0.2, 0) is 16.6 Å². The first-order chi connectivity index (χ1) is 23.9. The van der Waals surface area contributed by atoms with Crippen molar-refractivity contribution in [3.05, 3.63) is 95.7 Å². The van der Waals surface area contributed by atoms with Crippen molar-refractivity contribution in [1.29, 1.82) is 0 Å². The van der Waals surface area contributed by atoms with Gasteiger partial charge < -0.3 is 0 Å². The SMILES string of the molecule is CCC(=O)c1c(-c2ccc(C)cc2)nn2cc(N(C)S(C)(=O)=O)c(-c3ccc4nc(CN5CC(F)C5)n5c6cccc(F)c6cc5c4n3)cc12. The van der Waals surface area contributed by atoms with E-state index < -0.39 is 22.0 Å². The summed E-state index contributed by atoms with van der Waals surface area (Å²) in [4.78, 5) is 25.4. The minimum atomic E-state index is -3.75. The molecule has 0 radical (unpaired) electrons. The molecule has 0 amide bonds. The van der Waals surface area contributed by atoms with Gasteiger partial charge in [0.25, 0.3) is 0 Å². The van der Waals surface area contributed by atoms with Crippen molar-refractivity contribution in [2.45, 2.75) is 33.0 Å². The number of anilines is 1. The molecule has 254 valence electrons. The van der Waals surface area contributed by atoms with Crippen LogP contribution in [0.3, 0.4) is 0 Å². The fourth-order valence-corrected chi connectivity index (χ4v) is 7.24. The van der Waals surface area contributed by atoms with E-state index in [4.69, 9.17) is 15.1 Å². The highest BCUT2D eigenvalue weighted by atomic mass is 32.2. The number of pyridine rings is 2. The highest BCUT2D eigenvalue weighted by Gasteiger charge is 2.29. The number of aryl methyl sites for hydroxylation is 1. The summed E-state index contributed by atoms with van der Waals surface area (Å²) in [5.41, 5.74) is 6.65. The predicted molar refractivity (Wildman–Crippen MR) is 190 cm³/mol. The molecule has 0 atom stereocenters. The second-order valence-corrected chi connectivity index (χ2v) is 14.9. The molecule has 7 aromatic rings. The van der Waals surface area contributed by atoms with Crippen LogP contribution in [0, 0.1) is 12.7 Å². The summed E-state index contributed by atoms with van der Waals surface area (Å²) in [7, 11) is -2.29. The topological polar surface area (TPSA) is 105 Å². The lowest BCUT2D eigenvalue weighted by Crippen LogP contribution is -2.47. The predicted octanol–water partition coefficient (Wildman–Crippen LogP) is 6.61. The molecule has 0 unspecified atom stereocenters. The maximum Gasteiger partial charge on any atom is 0.232 e. The van der Waals surface area contributed by atoms with Gasteiger partial charge in [-0.25, -0.2) is 31.7 Å². The Kier molecular flexibility index (Phi) is 7.46. The van der Waals surface area contributed by atoms with Gasteiger partial charge in [0.1, 0.15) is 29.0 Å². The van der Waals surface area contributed by atoms with Crippen molar-refractivity contribution in [2.75, 3.05) is 30.7 Å². The molecule has 13 heteroatoms. The molecule has 6 heterocycles. The number of Topliss-reactive ketones (excluding diaryl/α,β-unsaturated/α-hetero) is 1. The minimum Gasteiger partial charge on any atom is -0.294 e. The van der Waals surface area contributed by atoms with Gasteiger partial charge in [-0.1, -0.05) is 42.8 Å². The monoisotopic (exact) mass is 693 g/mol. The second kappa shape index (κ2) is 11.7. The average molecular weight is 694 g/mol. The molecule has 1 aliphatic heterocycles. The van der Waals surface area contributed by atoms with Gasteiger partial charge in [0.2, 0.25) is 10.0 Å². The van der Waals surface area contributed by atoms with Crippen molar-refractivity contribution in [3.63, 3.8) is 0 Å². The molecular formula is C37H33F2N7O3S. The van der Waals surface area contributed by atoms with E-state index in [1.54, 1.807) is 48.0 Å². The lowest BCUT2D eigenvalue weighted by Gasteiger charge is -2.34. The van der Waals surface area contributed by atoms with Gasteiger partial charge in [0.15, 0.2) is 5.78 Å². The second-order valence-electron chi connectivity index (χ2n) is 12.9. The van der Waals surface area contributed by atoms with Crippen molar-refractivity contribution in [1.82, 2.24) is 28.9 Å². The molecule has 1 saturated heterocycles. The zero-order chi connectivity index (χ0) is 35.1. The first-order valence-corrected chi connectivity index (χ1v) is 18.1. The van der Waals surface area contributed by atoms with E-state index in [-0.39, 0.29) is 12.2 Å². The Morgan fingerprint density at radius 2 is 1.76 bits per heavy atom. The molecule has 0 N–H and O–H groups in total. The van der Waals surface area contributed by atoms with Crippen LogP contribution in [0.5, 0.6) is 0 Å². The third-order valence-electron chi connectivity index (χ3n) is 9.48. The number of benzene rings is 2. The van der Waals surface area contributed by atoms with E-state index in [0.717, 1.165) is 21.7 Å². The maximum atomic E-state index is 15.2. The number of hydrogen-bond donors (Lipinski definition) is 0. The van der Waals surface area contributed by atoms with Crippen molar-refractivity contribution in [2.24, 2.45) is 0 Å². The van der Waals surface area contributed by atoms with Crippen LogP contribution in [0.2, 0.25) is 0 Å². The Balaban J connectivity index is 1.40. The number of nitrogens with zero attached hydrogens (tertiary/aromatic N) is 7. The number of sulfonamides is 1. The summed E-state index contributed by atoms with van der Waals surface area (Å²) in [6.07, 6.45) is 2.07. The van der Waals surface area contributed by atoms with E-state index in [9.17, 15) is 17.6 Å². The highest BCUT2D eigenvalue weighted by Crippen LogP contribution is 2.38. The molecule has 2 aromatic carbocycles. The molecule has 5 aromatic heterocycles. The molecule has 0 bridgehead atoms. The number of halogens is 2. The third-order valence-corrected chi connectivity index (χ3v) is 10.7. The van der Waals surface area contributed by atoms with Gasteiger partial charge in [-0.2, -0.15) is 5.10 Å². The maximum absolute atomic E-state index is 15.2. The number of likely N-dealkylation sites (tertiary alicyclic amines) is 1. The summed E-state index contributed by atoms with van der Waals surface area (Å²) in [5, 5.41) is 5.19. The van der Waals surface area contributed by atoms with Crippen molar-refractivity contribution in [3.8, 4) is 22.5 Å². The zero-order valence-corrected chi connectivity index (χ0v) is 28.7. The first kappa shape index (κ1) is 32.0. The summed E-state index contributed by atoms with van der Waals surface area (Å²) in [5.74, 6) is 0.118. The molecule has 8 rings (SSSR count). The number of aromatic nitrogens is 5. The summed E-state index contributed by atoms with van der Waals surface area (Å²) >= 11 is 0. The number of fused-ring (bicyclic) bond motifs is 6. The van der Waals surface area contributed by atoms with Crippen LogP contribution in [0.4, 0.5) is 14.5 Å². The Labute approximate surface area is 286 Å². The van der Waals surface area contributed by atoms with Crippen LogP contribution in [0.1, 0.15) is 35.1 Å². The highest BCUT2D eigenvalue weighted by molar-refractivity contribution is 7.92. The molecule has 0 saturated carbocycles. The van der Waals surface area contributed by atoms with Gasteiger partial charge in [-0.05, 0) is 43.3 Å². The normalized spacial score (nSPS) is 14.3. The van der Waals surface area contributed by atoms with Crippen molar-refractivity contribution < 1.29 is 22.0 Å². The van der Waals surface area contributed by atoms with Crippen LogP contribution >= 0.6 is 0 Å². The van der Waals surface area contributed by atoms with E-state index in [1.165, 1.54) is 13.1 Å². The molecule has 1 fully saturated rings. The quantitative estimate of drug-likeness (QED) is 0.165. The number of carbonyl (C=O) groups excluding carboxylic acids is 1. The number of alkyl halides is 1. The Morgan fingerprint density at radius 1 is 1.00 bits per heavy atom. The van der Waals surface area contributed by atoms with Gasteiger partial charge >= 0.3 is 0 Å². The number of ketones is 1. The van der Waals surface area contributed by atoms with E-state index in [1.807, 2.05) is 46.6 Å². The molecule has 0 aliphatic carbocycles. The van der Waals surface area contributed by atoms with Crippen molar-refractivity contribution >= 4 is 54.5 Å². The number of rotatable bonds is 8. The standard InChI is InChI=1S/C37H33F2N7O3S/c1-5-33(47)35-30-16-25(32(43(3)50(4,48)49)19-45(30)42-36(35)22-11-9-21(2)10-12-22)27-13-14-28-37(41-27)31-15-24-26(39)7-6-8-29(24)46(31)34(40-28)20-44-17-23(38)18-44/h6-16,19,23H,5,17-18,20H2,1-4H3. The van der Waals surface area contributed by atoms with Gasteiger partial charge in [0, 0.05) is 43.1 Å². The van der Waals surface area contributed by atoms with Crippen LogP contribution in [0.25, 0.3) is 55.5 Å². The van der Waals surface area contributed by atoms with Crippen LogP contribution in [0.15, 0.2) is 72.9 Å². The van der Waals surface area contributed by atoms with Gasteiger partial charge in [0.05, 0.1) is 58.0 Å². The fraction of sp³-hybridized carbons (Fsp3) is 0.243. The minimum absolute atomic E-state index is 0.112. The van der Waals surface area contributed by atoms with E-state index in [2.05, 4.69) is 0 Å². The third kappa shape index (κ3) is 5.19. The lowest BCUT2D eigenvalue weighted by molar-refractivity contribution is 0.0567. The molecule has 1 aliphatic rings. The molecule has 50 heavy (non-hydrogen) atoms. The smallest absolute Gasteiger partial charge is 0.232 e. The summed E-state index contributed by atoms with van der Waals surface area (Å²) < 4.78 is 59.4. The first-order valence-electron chi connectivity index (χ1n) is 16.3. The average Bonchev–Trinajstić information content (AvgIpc) is 3.66. The fourth-order valence-electron chi connectivity index (χ4n) is 6.74. The Morgan fingerprint density at radius 3 is 2.46 bits per heavy atom. The van der Waals surface area contributed by atoms with E-state index >= 15 is 4.39 Å². The van der Waals surface area contributed by atoms with E-state index in [0.29, 0.717) is 86.6 Å². The van der Waals surface area contributed by atoms with Crippen LogP contribution in [-0.4, -0.2) is 75.6 Å². The Hall–Kier alpha value is -5.27. The number of carbonyl (C=O) groups is 1. The number of hydrogen-bond acceptors (Lipinski definition) is 7. The zero-order valence-electron chi connectivity index (χ0n) is 27.9. The van der Waals surface area contributed by atoms with Gasteiger partial charge in [-0.15, -0.1) is 0 Å². The summed E-state index contributed by atoms with van der Waals surface area (Å²) in [6.45, 7) is 4.73. The Bertz CT molecular complexity index is 2630. The van der Waals surface area contributed by atoms with Gasteiger partial charge in [-0.3, -0.25) is 18.4 Å². The largest absolute Gasteiger partial charge is 0.294 e. The molecule has 10 nitrogen and oxygen atoms in total. The lowest BCUT2D eigenvalue weighted by atomic mass is 10.00. The van der Waals surface area contributed by atoms with Crippen LogP contribution < -0.4 is 4.31 Å².